The van der Waals surface area contributed by atoms with Gasteiger partial charge in [0.15, 0.2) is 0 Å². The molecule has 4 unspecified atom stereocenters. The summed E-state index contributed by atoms with van der Waals surface area (Å²) in [6, 6.07) is 5.10. The molecule has 0 saturated heterocycles. The van der Waals surface area contributed by atoms with Crippen LogP contribution in [-0.2, 0) is 25.6 Å². The maximum absolute atomic E-state index is 13.1. The fourth-order valence-electron chi connectivity index (χ4n) is 3.06. The summed E-state index contributed by atoms with van der Waals surface area (Å²) in [6.07, 6.45) is 0.488. The van der Waals surface area contributed by atoms with Crippen molar-refractivity contribution in [2.24, 2.45) is 17.6 Å². The molecule has 0 saturated carbocycles. The van der Waals surface area contributed by atoms with Gasteiger partial charge < -0.3 is 26.8 Å². The van der Waals surface area contributed by atoms with Crippen LogP contribution in [0.1, 0.15) is 39.7 Å². The molecular weight excluding hydrogens is 444 g/mol. The number of hydrogen-bond donors (Lipinski definition) is 6. The number of nitrogens with two attached hydrogens (primary N) is 1. The lowest BCUT2D eigenvalue weighted by Crippen LogP contribution is -2.58. The Morgan fingerprint density at radius 1 is 0.879 bits per heavy atom. The largest absolute Gasteiger partial charge is 0.480 e. The van der Waals surface area contributed by atoms with Crippen LogP contribution in [0.3, 0.4) is 0 Å². The van der Waals surface area contributed by atoms with Crippen LogP contribution in [0.5, 0.6) is 0 Å². The fraction of sp³-hybridized carbons (Fsp3) is 0.565. The Morgan fingerprint density at radius 3 is 1.88 bits per heavy atom. The van der Waals surface area contributed by atoms with Gasteiger partial charge in [-0.25, -0.2) is 4.79 Å². The number of amides is 3. The van der Waals surface area contributed by atoms with Crippen LogP contribution in [0.4, 0.5) is 0 Å². The molecule has 0 bridgehead atoms. The summed E-state index contributed by atoms with van der Waals surface area (Å²) in [6.45, 7) is 7.44. The molecule has 3 amide bonds. The Labute approximate surface area is 200 Å². The molecule has 6 N–H and O–H groups in total. The molecular formula is C23H36N4O5S. The Bertz CT molecular complexity index is 803. The van der Waals surface area contributed by atoms with E-state index in [1.54, 1.807) is 24.3 Å². The third-order valence-corrected chi connectivity index (χ3v) is 5.44. The molecule has 184 valence electrons. The predicted molar refractivity (Wildman–Crippen MR) is 130 cm³/mol. The van der Waals surface area contributed by atoms with E-state index in [2.05, 4.69) is 28.6 Å². The van der Waals surface area contributed by atoms with Crippen molar-refractivity contribution in [2.45, 2.75) is 64.7 Å². The monoisotopic (exact) mass is 480 g/mol. The minimum Gasteiger partial charge on any atom is -0.480 e. The van der Waals surface area contributed by atoms with E-state index < -0.39 is 47.9 Å². The first kappa shape index (κ1) is 28.4. The van der Waals surface area contributed by atoms with Crippen LogP contribution in [-0.4, -0.2) is 58.7 Å². The van der Waals surface area contributed by atoms with Crippen LogP contribution in [0, 0.1) is 11.8 Å². The van der Waals surface area contributed by atoms with Crippen LogP contribution < -0.4 is 21.7 Å². The fourth-order valence-corrected chi connectivity index (χ4v) is 3.31. The summed E-state index contributed by atoms with van der Waals surface area (Å²) >= 11 is 3.97. The zero-order valence-corrected chi connectivity index (χ0v) is 20.5. The van der Waals surface area contributed by atoms with Gasteiger partial charge in [-0.2, -0.15) is 12.6 Å². The predicted octanol–water partition coefficient (Wildman–Crippen LogP) is 0.727. The van der Waals surface area contributed by atoms with E-state index in [4.69, 9.17) is 5.73 Å². The number of carbonyl (C=O) groups excluding carboxylic acids is 3. The average Bonchev–Trinajstić information content (AvgIpc) is 2.75. The Morgan fingerprint density at radius 2 is 1.39 bits per heavy atom. The SMILES string of the molecule is CC(C)CC(NC(=O)C(N)C(C)C)C(=O)NC(Cc1ccccc1)C(=O)NC(CS)C(=O)O. The van der Waals surface area contributed by atoms with Gasteiger partial charge in [-0.15, -0.1) is 0 Å². The zero-order valence-electron chi connectivity index (χ0n) is 19.6. The van der Waals surface area contributed by atoms with Crippen molar-refractivity contribution in [3.8, 4) is 0 Å². The van der Waals surface area contributed by atoms with Gasteiger partial charge in [-0.05, 0) is 23.8 Å². The second kappa shape index (κ2) is 13.8. The molecule has 9 nitrogen and oxygen atoms in total. The van der Waals surface area contributed by atoms with Crippen molar-refractivity contribution in [1.82, 2.24) is 16.0 Å². The molecule has 0 aromatic heterocycles. The smallest absolute Gasteiger partial charge is 0.327 e. The topological polar surface area (TPSA) is 151 Å². The van der Waals surface area contributed by atoms with Crippen LogP contribution >= 0.6 is 12.6 Å². The molecule has 0 heterocycles. The molecule has 1 aromatic rings. The lowest BCUT2D eigenvalue weighted by molar-refractivity contribution is -0.141. The molecule has 0 aliphatic rings. The van der Waals surface area contributed by atoms with Crippen molar-refractivity contribution in [1.29, 1.82) is 0 Å². The lowest BCUT2D eigenvalue weighted by Gasteiger charge is -2.26. The van der Waals surface area contributed by atoms with E-state index in [0.717, 1.165) is 5.56 Å². The number of aliphatic carboxylic acids is 1. The number of rotatable bonds is 13. The first-order chi connectivity index (χ1) is 15.5. The van der Waals surface area contributed by atoms with Crippen molar-refractivity contribution in [2.75, 3.05) is 5.75 Å². The van der Waals surface area contributed by atoms with E-state index in [-0.39, 0.29) is 24.0 Å². The maximum Gasteiger partial charge on any atom is 0.327 e. The second-order valence-electron chi connectivity index (χ2n) is 8.79. The average molecular weight is 481 g/mol. The highest BCUT2D eigenvalue weighted by atomic mass is 32.1. The van der Waals surface area contributed by atoms with Gasteiger partial charge in [0.05, 0.1) is 6.04 Å². The molecule has 0 aliphatic heterocycles. The number of thiol groups is 1. The third kappa shape index (κ3) is 9.83. The number of hydrogen-bond acceptors (Lipinski definition) is 6. The number of carboxylic acids is 1. The summed E-state index contributed by atoms with van der Waals surface area (Å²) in [5.74, 6) is -3.00. The molecule has 1 aromatic carbocycles. The second-order valence-corrected chi connectivity index (χ2v) is 9.16. The highest BCUT2D eigenvalue weighted by molar-refractivity contribution is 7.80. The lowest BCUT2D eigenvalue weighted by atomic mass is 9.99. The summed E-state index contributed by atoms with van der Waals surface area (Å²) in [5.41, 5.74) is 6.70. The Hall–Kier alpha value is -2.59. The van der Waals surface area contributed by atoms with E-state index in [9.17, 15) is 24.3 Å². The molecule has 0 fully saturated rings. The number of benzene rings is 1. The Balaban J connectivity index is 3.09. The van der Waals surface area contributed by atoms with E-state index >= 15 is 0 Å². The van der Waals surface area contributed by atoms with Crippen LogP contribution in [0.25, 0.3) is 0 Å². The molecule has 0 radical (unpaired) electrons. The van der Waals surface area contributed by atoms with Crippen molar-refractivity contribution >= 4 is 36.3 Å². The standard InChI is InChI=1S/C23H36N4O5S/c1-13(2)10-16(26-22(30)19(24)14(3)4)20(28)25-17(11-15-8-6-5-7-9-15)21(29)27-18(12-33)23(31)32/h5-9,13-14,16-19,33H,10-12,24H2,1-4H3,(H,25,28)(H,26,30)(H,27,29)(H,31,32). The van der Waals surface area contributed by atoms with Crippen molar-refractivity contribution in [3.63, 3.8) is 0 Å². The van der Waals surface area contributed by atoms with Gasteiger partial charge in [-0.1, -0.05) is 58.0 Å². The number of carboxylic acid groups (broad SMARTS) is 1. The summed E-state index contributed by atoms with van der Waals surface area (Å²) in [5, 5.41) is 17.0. The van der Waals surface area contributed by atoms with Gasteiger partial charge in [0.1, 0.15) is 18.1 Å². The summed E-state index contributed by atoms with van der Waals surface area (Å²) in [4.78, 5) is 49.8. The quantitative estimate of drug-likeness (QED) is 0.229. The van der Waals surface area contributed by atoms with Crippen LogP contribution in [0.2, 0.25) is 0 Å². The van der Waals surface area contributed by atoms with Gasteiger partial charge in [0.2, 0.25) is 17.7 Å². The minimum absolute atomic E-state index is 0.0818. The molecule has 1 rings (SSSR count). The van der Waals surface area contributed by atoms with Crippen LogP contribution in [0.15, 0.2) is 30.3 Å². The maximum atomic E-state index is 13.1. The van der Waals surface area contributed by atoms with E-state index in [1.165, 1.54) is 0 Å². The Kier molecular flexibility index (Phi) is 11.9. The zero-order chi connectivity index (χ0) is 25.1. The van der Waals surface area contributed by atoms with E-state index in [1.807, 2.05) is 33.8 Å². The first-order valence-electron chi connectivity index (χ1n) is 11.0. The van der Waals surface area contributed by atoms with E-state index in [0.29, 0.717) is 6.42 Å². The molecule has 4 atom stereocenters. The summed E-state index contributed by atoms with van der Waals surface area (Å²) in [7, 11) is 0. The minimum atomic E-state index is -1.23. The highest BCUT2D eigenvalue weighted by Gasteiger charge is 2.31. The summed E-state index contributed by atoms with van der Waals surface area (Å²) < 4.78 is 0. The number of nitrogens with one attached hydrogen (secondary N) is 3. The van der Waals surface area contributed by atoms with Crippen molar-refractivity contribution < 1.29 is 24.3 Å². The number of carbonyl (C=O) groups is 4. The van der Waals surface area contributed by atoms with Gasteiger partial charge in [-0.3, -0.25) is 14.4 Å². The normalized spacial score (nSPS) is 14.8. The van der Waals surface area contributed by atoms with Gasteiger partial charge in [0, 0.05) is 12.2 Å². The third-order valence-electron chi connectivity index (χ3n) is 5.07. The molecule has 33 heavy (non-hydrogen) atoms. The molecule has 0 aliphatic carbocycles. The van der Waals surface area contributed by atoms with Crippen molar-refractivity contribution in [3.05, 3.63) is 35.9 Å². The highest BCUT2D eigenvalue weighted by Crippen LogP contribution is 2.09. The van der Waals surface area contributed by atoms with Gasteiger partial charge >= 0.3 is 5.97 Å². The molecule has 10 heteroatoms. The van der Waals surface area contributed by atoms with Gasteiger partial charge in [0.25, 0.3) is 0 Å². The molecule has 0 spiro atoms. The first-order valence-corrected chi connectivity index (χ1v) is 11.6.